The van der Waals surface area contributed by atoms with Gasteiger partial charge >= 0.3 is 59.7 Å². The molecule has 3 fully saturated rings. The number of hydrogen-bond donors (Lipinski definition) is 0. The van der Waals surface area contributed by atoms with E-state index in [0.29, 0.717) is 0 Å². The van der Waals surface area contributed by atoms with Gasteiger partial charge in [0.15, 0.2) is 61.6 Å². The average molecular weight is 965 g/mol. The molecule has 0 saturated carbocycles. The summed E-state index contributed by atoms with van der Waals surface area (Å²) in [6, 6.07) is 0. The van der Waals surface area contributed by atoms with E-state index in [-0.39, 0.29) is 6.61 Å². The van der Waals surface area contributed by atoms with E-state index in [0.717, 1.165) is 69.2 Å². The fourth-order valence-corrected chi connectivity index (χ4v) is 7.05. The zero-order chi connectivity index (χ0) is 50.3. The summed E-state index contributed by atoms with van der Waals surface area (Å²) >= 11 is 0. The van der Waals surface area contributed by atoms with Crippen LogP contribution in [0.15, 0.2) is 12.7 Å². The van der Waals surface area contributed by atoms with Gasteiger partial charge in [0.05, 0.1) is 6.61 Å². The summed E-state index contributed by atoms with van der Waals surface area (Å²) in [5, 5.41) is 0. The first-order chi connectivity index (χ1) is 31.4. The van der Waals surface area contributed by atoms with Crippen LogP contribution in [0.3, 0.4) is 0 Å². The molecule has 3 heterocycles. The first-order valence-electron chi connectivity index (χ1n) is 20.5. The molecule has 3 aliphatic rings. The van der Waals surface area contributed by atoms with Crippen LogP contribution in [-0.2, 0) is 124 Å². The van der Waals surface area contributed by atoms with Crippen molar-refractivity contribution in [2.45, 2.75) is 161 Å². The SMILES string of the molecule is C=CCO[C@@H]1OC(COC(C)=O)[C@@H](O[C@@H]2OC(COC(C)=O)[C@H](O[C@H]3OC(COC(C)=O)[C@H](OC(C)=O)[C@H](OC(C)=O)C3OC(C)=O)[C@H](OC(C)=O)C2OC(C)=O)[C@H](OC(C)=O)C1OC(C)=O. The second-order valence-electron chi connectivity index (χ2n) is 14.9. The molecular formula is C41H56O26. The van der Waals surface area contributed by atoms with E-state index in [2.05, 4.69) is 6.58 Å². The molecule has 0 radical (unpaired) electrons. The average Bonchev–Trinajstić information content (AvgIpc) is 3.19. The third kappa shape index (κ3) is 17.1. The van der Waals surface area contributed by atoms with Gasteiger partial charge in [-0.25, -0.2) is 0 Å². The lowest BCUT2D eigenvalue weighted by Crippen LogP contribution is -2.69. The Morgan fingerprint density at radius 2 is 0.612 bits per heavy atom. The van der Waals surface area contributed by atoms with Gasteiger partial charge < -0.3 is 75.8 Å². The molecule has 3 rings (SSSR count). The zero-order valence-electron chi connectivity index (χ0n) is 38.4. The minimum atomic E-state index is -2.00. The van der Waals surface area contributed by atoms with Crippen LogP contribution in [0.4, 0.5) is 0 Å². The summed E-state index contributed by atoms with van der Waals surface area (Å²) in [7, 11) is 0. The number of ether oxygens (including phenoxy) is 16. The minimum Gasteiger partial charge on any atom is -0.463 e. The Hall–Kier alpha value is -5.80. The van der Waals surface area contributed by atoms with Crippen LogP contribution >= 0.6 is 0 Å². The molecule has 6 unspecified atom stereocenters. The van der Waals surface area contributed by atoms with E-state index in [9.17, 15) is 47.9 Å². The van der Waals surface area contributed by atoms with Crippen molar-refractivity contribution in [1.29, 1.82) is 0 Å². The maximum absolute atomic E-state index is 13.0. The van der Waals surface area contributed by atoms with Gasteiger partial charge in [0, 0.05) is 69.2 Å². The Bertz CT molecular complexity index is 1810. The van der Waals surface area contributed by atoms with E-state index in [1.54, 1.807) is 0 Å². The molecule has 0 aromatic carbocycles. The lowest BCUT2D eigenvalue weighted by molar-refractivity contribution is -0.379. The number of hydrogen-bond acceptors (Lipinski definition) is 26. The van der Waals surface area contributed by atoms with Gasteiger partial charge in [0.2, 0.25) is 0 Å². The summed E-state index contributed by atoms with van der Waals surface area (Å²) in [5.74, 6) is -9.38. The molecule has 26 nitrogen and oxygen atoms in total. The molecule has 3 aliphatic heterocycles. The topological polar surface area (TPSA) is 318 Å². The van der Waals surface area contributed by atoms with Crippen LogP contribution in [0.1, 0.15) is 69.2 Å². The number of rotatable bonds is 20. The number of carbonyl (C=O) groups is 10. The Morgan fingerprint density at radius 1 is 0.358 bits per heavy atom. The Kier molecular flexibility index (Phi) is 21.5. The third-order valence-corrected chi connectivity index (χ3v) is 9.20. The first-order valence-corrected chi connectivity index (χ1v) is 20.5. The maximum Gasteiger partial charge on any atom is 0.303 e. The largest absolute Gasteiger partial charge is 0.463 e. The lowest BCUT2D eigenvalue weighted by atomic mass is 9.95. The predicted molar refractivity (Wildman–Crippen MR) is 211 cm³/mol. The van der Waals surface area contributed by atoms with Crippen LogP contribution in [-0.4, -0.2) is 178 Å². The summed E-state index contributed by atoms with van der Waals surface area (Å²) in [6.07, 6.45) is -24.9. The van der Waals surface area contributed by atoms with Crippen molar-refractivity contribution in [2.24, 2.45) is 0 Å². The molecule has 0 aliphatic carbocycles. The summed E-state index contributed by atoms with van der Waals surface area (Å²) in [4.78, 5) is 125. The van der Waals surface area contributed by atoms with Crippen molar-refractivity contribution < 1.29 is 124 Å². The standard InChI is InChI=1S/C41H56O26/c1-12-13-52-39-36(60-24(9)49)34(58-22(7)47)31(28(63-39)15-54-18(3)43)66-41-38(62-26(11)51)35(59-23(8)48)32(29(65-41)16-55-19(4)44)67-40-37(61-25(10)50)33(57-21(6)46)30(56-20(5)45)27(64-40)14-53-17(2)42/h12,27-41H,1,13-16H2,2-11H3/t27?,28?,29?,30-,31+,32-,33-,34-,35-,36?,37?,38?,39+,40+,41-/m0/s1. The van der Waals surface area contributed by atoms with Gasteiger partial charge in [-0.05, 0) is 0 Å². The fraction of sp³-hybridized carbons (Fsp3) is 0.707. The van der Waals surface area contributed by atoms with Gasteiger partial charge in [0.1, 0.15) is 50.3 Å². The van der Waals surface area contributed by atoms with Crippen molar-refractivity contribution >= 4 is 59.7 Å². The minimum absolute atomic E-state index is 0.190. The highest BCUT2D eigenvalue weighted by atomic mass is 16.8. The molecular weight excluding hydrogens is 908 g/mol. The summed E-state index contributed by atoms with van der Waals surface area (Å²) < 4.78 is 91.6. The second kappa shape index (κ2) is 25.9. The second-order valence-corrected chi connectivity index (χ2v) is 14.9. The molecule has 376 valence electrons. The molecule has 0 aromatic heterocycles. The molecule has 3 saturated heterocycles. The van der Waals surface area contributed by atoms with Gasteiger partial charge in [-0.3, -0.25) is 47.9 Å². The van der Waals surface area contributed by atoms with E-state index in [1.165, 1.54) is 6.08 Å². The van der Waals surface area contributed by atoms with Crippen LogP contribution in [0, 0.1) is 0 Å². The van der Waals surface area contributed by atoms with Crippen LogP contribution < -0.4 is 0 Å². The normalized spacial score (nSPS) is 31.3. The molecule has 67 heavy (non-hydrogen) atoms. The van der Waals surface area contributed by atoms with Crippen LogP contribution in [0.2, 0.25) is 0 Å². The van der Waals surface area contributed by atoms with Gasteiger partial charge in [-0.2, -0.15) is 0 Å². The molecule has 26 heteroatoms. The highest BCUT2D eigenvalue weighted by Gasteiger charge is 2.60. The smallest absolute Gasteiger partial charge is 0.303 e. The number of carbonyl (C=O) groups excluding carboxylic acids is 10. The highest BCUT2D eigenvalue weighted by molar-refractivity contribution is 5.70. The monoisotopic (exact) mass is 964 g/mol. The molecule has 15 atom stereocenters. The summed E-state index contributed by atoms with van der Waals surface area (Å²) in [6.45, 7) is 11.4. The molecule has 0 aromatic rings. The quantitative estimate of drug-likeness (QED) is 0.0831. The van der Waals surface area contributed by atoms with Gasteiger partial charge in [-0.1, -0.05) is 6.08 Å². The highest BCUT2D eigenvalue weighted by Crippen LogP contribution is 2.38. The van der Waals surface area contributed by atoms with E-state index >= 15 is 0 Å². The van der Waals surface area contributed by atoms with E-state index in [4.69, 9.17) is 75.8 Å². The molecule has 0 N–H and O–H groups in total. The maximum atomic E-state index is 13.0. The zero-order valence-corrected chi connectivity index (χ0v) is 38.4. The fourth-order valence-electron chi connectivity index (χ4n) is 7.05. The van der Waals surface area contributed by atoms with Crippen molar-refractivity contribution in [3.63, 3.8) is 0 Å². The van der Waals surface area contributed by atoms with Crippen molar-refractivity contribution in [2.75, 3.05) is 26.4 Å². The van der Waals surface area contributed by atoms with Crippen LogP contribution in [0.25, 0.3) is 0 Å². The Morgan fingerprint density at radius 3 is 0.910 bits per heavy atom. The van der Waals surface area contributed by atoms with Crippen molar-refractivity contribution in [1.82, 2.24) is 0 Å². The van der Waals surface area contributed by atoms with Crippen molar-refractivity contribution in [3.05, 3.63) is 12.7 Å². The van der Waals surface area contributed by atoms with Gasteiger partial charge in [-0.15, -0.1) is 6.58 Å². The molecule has 0 amide bonds. The van der Waals surface area contributed by atoms with Crippen molar-refractivity contribution in [3.8, 4) is 0 Å². The molecule has 0 bridgehead atoms. The Labute approximate surface area is 383 Å². The lowest BCUT2D eigenvalue weighted by Gasteiger charge is -2.50. The Balaban J connectivity index is 2.30. The third-order valence-electron chi connectivity index (χ3n) is 9.20. The van der Waals surface area contributed by atoms with Gasteiger partial charge in [0.25, 0.3) is 0 Å². The summed E-state index contributed by atoms with van der Waals surface area (Å²) in [5.41, 5.74) is 0. The predicted octanol–water partition coefficient (Wildman–Crippen LogP) is -0.655. The molecule has 0 spiro atoms. The first kappa shape index (κ1) is 55.5. The number of esters is 10. The van der Waals surface area contributed by atoms with Crippen LogP contribution in [0.5, 0.6) is 0 Å². The van der Waals surface area contributed by atoms with E-state index < -0.39 is 172 Å². The van der Waals surface area contributed by atoms with E-state index in [1.807, 2.05) is 0 Å².